The van der Waals surface area contributed by atoms with E-state index in [-0.39, 0.29) is 17.9 Å². The van der Waals surface area contributed by atoms with E-state index in [0.29, 0.717) is 18.0 Å². The molecule has 1 aliphatic carbocycles. The maximum atomic E-state index is 13.5. The highest BCUT2D eigenvalue weighted by Crippen LogP contribution is 2.33. The minimum atomic E-state index is -0.689. The standard InChI is InChI=1S/C32H36N2O3/c1-22(24-15-17-28(18-16-24)32(36)37-2)33-31(35)29-10-6-9-27-19-20-34(30(27)29)21-23-11-13-26(14-12-23)25-7-4-3-5-8-25/h3-14,19-20,22,24,28,32,36H,15-18,21H2,1-2H3,(H,33,35). The molecule has 4 aromatic rings. The van der Waals surface area contributed by atoms with E-state index < -0.39 is 6.29 Å². The molecule has 3 aromatic carbocycles. The fraction of sp³-hybridized carbons (Fsp3) is 0.344. The molecule has 1 aromatic heterocycles. The number of rotatable bonds is 8. The zero-order chi connectivity index (χ0) is 25.8. The van der Waals surface area contributed by atoms with Gasteiger partial charge in [0.25, 0.3) is 5.91 Å². The molecule has 0 saturated heterocycles. The minimum Gasteiger partial charge on any atom is -0.368 e. The Hall–Kier alpha value is -3.41. The number of hydrogen-bond acceptors (Lipinski definition) is 3. The topological polar surface area (TPSA) is 63.5 Å². The maximum absolute atomic E-state index is 13.5. The Morgan fingerprint density at radius 2 is 1.59 bits per heavy atom. The Balaban J connectivity index is 1.29. The highest BCUT2D eigenvalue weighted by molar-refractivity contribution is 6.06. The molecule has 5 heteroatoms. The van der Waals surface area contributed by atoms with Crippen molar-refractivity contribution in [3.63, 3.8) is 0 Å². The van der Waals surface area contributed by atoms with E-state index in [2.05, 4.69) is 83.7 Å². The summed E-state index contributed by atoms with van der Waals surface area (Å²) < 4.78 is 7.27. The highest BCUT2D eigenvalue weighted by Gasteiger charge is 2.30. The third-order valence-corrected chi connectivity index (χ3v) is 7.97. The van der Waals surface area contributed by atoms with Crippen molar-refractivity contribution in [3.8, 4) is 11.1 Å². The van der Waals surface area contributed by atoms with E-state index in [1.54, 1.807) is 7.11 Å². The zero-order valence-corrected chi connectivity index (χ0v) is 21.6. The van der Waals surface area contributed by atoms with Gasteiger partial charge in [-0.15, -0.1) is 0 Å². The second-order valence-electron chi connectivity index (χ2n) is 10.3. The van der Waals surface area contributed by atoms with Gasteiger partial charge < -0.3 is 19.7 Å². The van der Waals surface area contributed by atoms with Gasteiger partial charge in [0.2, 0.25) is 0 Å². The molecule has 1 aliphatic rings. The summed E-state index contributed by atoms with van der Waals surface area (Å²) in [5.41, 5.74) is 5.26. The van der Waals surface area contributed by atoms with Crippen molar-refractivity contribution in [2.75, 3.05) is 7.11 Å². The molecule has 1 heterocycles. The van der Waals surface area contributed by atoms with Crippen molar-refractivity contribution >= 4 is 16.8 Å². The predicted molar refractivity (Wildman–Crippen MR) is 148 cm³/mol. The van der Waals surface area contributed by atoms with Crippen molar-refractivity contribution in [2.24, 2.45) is 11.8 Å². The number of carbonyl (C=O) groups excluding carboxylic acids is 1. The van der Waals surface area contributed by atoms with Gasteiger partial charge in [-0.25, -0.2) is 0 Å². The number of hydrogen-bond donors (Lipinski definition) is 2. The number of nitrogens with one attached hydrogen (secondary N) is 1. The van der Waals surface area contributed by atoms with Crippen LogP contribution in [0.2, 0.25) is 0 Å². The number of para-hydroxylation sites is 1. The van der Waals surface area contributed by atoms with Crippen LogP contribution in [0, 0.1) is 11.8 Å². The molecule has 0 bridgehead atoms. The molecule has 1 amide bonds. The van der Waals surface area contributed by atoms with Crippen LogP contribution in [-0.4, -0.2) is 35.0 Å². The largest absolute Gasteiger partial charge is 0.368 e. The Morgan fingerprint density at radius 3 is 2.30 bits per heavy atom. The highest BCUT2D eigenvalue weighted by atomic mass is 16.6. The van der Waals surface area contributed by atoms with Gasteiger partial charge >= 0.3 is 0 Å². The number of benzene rings is 3. The average Bonchev–Trinajstić information content (AvgIpc) is 3.36. The van der Waals surface area contributed by atoms with Crippen molar-refractivity contribution in [1.29, 1.82) is 0 Å². The van der Waals surface area contributed by atoms with Crippen molar-refractivity contribution in [1.82, 2.24) is 9.88 Å². The van der Waals surface area contributed by atoms with Crippen LogP contribution in [0.25, 0.3) is 22.0 Å². The van der Waals surface area contributed by atoms with Crippen LogP contribution in [-0.2, 0) is 11.3 Å². The Morgan fingerprint density at radius 1 is 0.919 bits per heavy atom. The molecule has 0 radical (unpaired) electrons. The third-order valence-electron chi connectivity index (χ3n) is 7.97. The van der Waals surface area contributed by atoms with E-state index in [1.807, 2.05) is 18.2 Å². The molecular weight excluding hydrogens is 460 g/mol. The van der Waals surface area contributed by atoms with Gasteiger partial charge in [-0.2, -0.15) is 0 Å². The first-order chi connectivity index (χ1) is 18.0. The van der Waals surface area contributed by atoms with Gasteiger partial charge in [-0.1, -0.05) is 66.7 Å². The summed E-state index contributed by atoms with van der Waals surface area (Å²) in [6.45, 7) is 2.80. The second-order valence-corrected chi connectivity index (χ2v) is 10.3. The molecule has 2 unspecified atom stereocenters. The number of nitrogens with zero attached hydrogens (tertiary/aromatic N) is 1. The van der Waals surface area contributed by atoms with Crippen LogP contribution < -0.4 is 5.32 Å². The SMILES string of the molecule is COC(O)C1CCC(C(C)NC(=O)c2cccc3ccn(Cc4ccc(-c5ccccc5)cc4)c23)CC1. The van der Waals surface area contributed by atoms with E-state index in [9.17, 15) is 9.90 Å². The number of ether oxygens (including phenoxy) is 1. The average molecular weight is 497 g/mol. The van der Waals surface area contributed by atoms with Gasteiger partial charge in [0.1, 0.15) is 0 Å². The fourth-order valence-corrected chi connectivity index (χ4v) is 5.73. The van der Waals surface area contributed by atoms with Crippen LogP contribution >= 0.6 is 0 Å². The maximum Gasteiger partial charge on any atom is 0.253 e. The summed E-state index contributed by atoms with van der Waals surface area (Å²) in [5.74, 6) is 0.554. The molecule has 1 saturated carbocycles. The number of carbonyl (C=O) groups is 1. The van der Waals surface area contributed by atoms with Crippen molar-refractivity contribution in [2.45, 2.75) is 51.5 Å². The molecule has 37 heavy (non-hydrogen) atoms. The van der Waals surface area contributed by atoms with Crippen LogP contribution in [0.15, 0.2) is 85.1 Å². The number of fused-ring (bicyclic) bond motifs is 1. The smallest absolute Gasteiger partial charge is 0.253 e. The van der Waals surface area contributed by atoms with E-state index in [4.69, 9.17) is 4.74 Å². The summed E-state index contributed by atoms with van der Waals surface area (Å²) in [6.07, 6.45) is 5.17. The molecule has 192 valence electrons. The summed E-state index contributed by atoms with van der Waals surface area (Å²) in [5, 5.41) is 14.3. The van der Waals surface area contributed by atoms with Gasteiger partial charge in [0.15, 0.2) is 6.29 Å². The second kappa shape index (κ2) is 11.3. The molecule has 5 rings (SSSR count). The molecule has 0 aliphatic heterocycles. The van der Waals surface area contributed by atoms with Crippen molar-refractivity contribution < 1.29 is 14.6 Å². The fourth-order valence-electron chi connectivity index (χ4n) is 5.73. The van der Waals surface area contributed by atoms with Gasteiger partial charge in [-0.05, 0) is 67.3 Å². The molecular formula is C32H36N2O3. The molecule has 0 spiro atoms. The minimum absolute atomic E-state index is 0.0310. The lowest BCUT2D eigenvalue weighted by atomic mass is 9.78. The number of aromatic nitrogens is 1. The summed E-state index contributed by atoms with van der Waals surface area (Å²) in [4.78, 5) is 13.5. The molecule has 2 atom stereocenters. The number of aliphatic hydroxyl groups excluding tert-OH is 1. The lowest BCUT2D eigenvalue weighted by Crippen LogP contribution is -2.40. The first-order valence-corrected chi connectivity index (χ1v) is 13.3. The van der Waals surface area contributed by atoms with Crippen LogP contribution in [0.5, 0.6) is 0 Å². The first kappa shape index (κ1) is 25.2. The van der Waals surface area contributed by atoms with Crippen LogP contribution in [0.3, 0.4) is 0 Å². The van der Waals surface area contributed by atoms with Gasteiger partial charge in [-0.3, -0.25) is 4.79 Å². The lowest BCUT2D eigenvalue weighted by molar-refractivity contribution is -0.123. The quantitative estimate of drug-likeness (QED) is 0.284. The monoisotopic (exact) mass is 496 g/mol. The molecule has 1 fully saturated rings. The van der Waals surface area contributed by atoms with Gasteiger partial charge in [0.05, 0.1) is 11.1 Å². The Labute approximate surface area is 219 Å². The first-order valence-electron chi connectivity index (χ1n) is 13.3. The van der Waals surface area contributed by atoms with E-state index >= 15 is 0 Å². The summed E-state index contributed by atoms with van der Waals surface area (Å²) >= 11 is 0. The Bertz CT molecular complexity index is 1320. The third kappa shape index (κ3) is 5.63. The zero-order valence-electron chi connectivity index (χ0n) is 21.6. The van der Waals surface area contributed by atoms with Crippen LogP contribution in [0.1, 0.15) is 48.5 Å². The lowest BCUT2D eigenvalue weighted by Gasteiger charge is -2.34. The van der Waals surface area contributed by atoms with Gasteiger partial charge in [0, 0.05) is 37.2 Å². The number of methoxy groups -OCH3 is 1. The van der Waals surface area contributed by atoms with Crippen LogP contribution in [0.4, 0.5) is 0 Å². The van der Waals surface area contributed by atoms with E-state index in [1.165, 1.54) is 16.7 Å². The molecule has 2 N–H and O–H groups in total. The predicted octanol–water partition coefficient (Wildman–Crippen LogP) is 6.25. The van der Waals surface area contributed by atoms with E-state index in [0.717, 1.165) is 36.6 Å². The normalized spacial score (nSPS) is 19.4. The summed E-state index contributed by atoms with van der Waals surface area (Å²) in [7, 11) is 1.55. The number of aliphatic hydroxyl groups is 1. The van der Waals surface area contributed by atoms with Crippen molar-refractivity contribution in [3.05, 3.63) is 96.2 Å². The number of amides is 1. The molecule has 5 nitrogen and oxygen atoms in total. The summed E-state index contributed by atoms with van der Waals surface area (Å²) in [6, 6.07) is 27.1. The Kier molecular flexibility index (Phi) is 7.73.